The second kappa shape index (κ2) is 5.81. The first kappa shape index (κ1) is 11.2. The third-order valence-electron chi connectivity index (χ3n) is 2.07. The van der Waals surface area contributed by atoms with Crippen LogP contribution in [0.15, 0.2) is 29.4 Å². The fourth-order valence-corrected chi connectivity index (χ4v) is 1.86. The fourth-order valence-electron chi connectivity index (χ4n) is 0.995. The first-order valence-electron chi connectivity index (χ1n) is 4.84. The Kier molecular flexibility index (Phi) is 4.66. The van der Waals surface area contributed by atoms with Crippen molar-refractivity contribution in [3.05, 3.63) is 24.4 Å². The van der Waals surface area contributed by atoms with Gasteiger partial charge in [0.05, 0.1) is 0 Å². The van der Waals surface area contributed by atoms with E-state index >= 15 is 0 Å². The number of nitrogens with zero attached hydrogens (tertiary/aromatic N) is 1. The molecule has 0 unspecified atom stereocenters. The van der Waals surface area contributed by atoms with Gasteiger partial charge >= 0.3 is 0 Å². The molecule has 1 heterocycles. The predicted molar refractivity (Wildman–Crippen MR) is 59.2 cm³/mol. The van der Waals surface area contributed by atoms with E-state index in [1.54, 1.807) is 6.20 Å². The molecule has 0 amide bonds. The van der Waals surface area contributed by atoms with Crippen LogP contribution in [0, 0.1) is 5.92 Å². The molecule has 0 bridgehead atoms. The summed E-state index contributed by atoms with van der Waals surface area (Å²) in [7, 11) is 0. The van der Waals surface area contributed by atoms with Crippen LogP contribution in [0.3, 0.4) is 0 Å². The summed E-state index contributed by atoms with van der Waals surface area (Å²) >= 11 is 1.24. The standard InChI is InChI=1S/C11H15NOS/c1-3-9(2)8-11(13)14-10-6-4-5-7-12-10/h4-7,9H,3,8H2,1-2H3/t9-/m0/s1. The molecule has 0 aliphatic carbocycles. The van der Waals surface area contributed by atoms with E-state index in [1.807, 2.05) is 18.2 Å². The maximum Gasteiger partial charge on any atom is 0.195 e. The second-order valence-electron chi connectivity index (χ2n) is 3.36. The summed E-state index contributed by atoms with van der Waals surface area (Å²) in [6.45, 7) is 4.19. The Morgan fingerprint density at radius 3 is 2.93 bits per heavy atom. The number of thioether (sulfide) groups is 1. The topological polar surface area (TPSA) is 30.0 Å². The molecule has 0 aliphatic heterocycles. The van der Waals surface area contributed by atoms with E-state index in [9.17, 15) is 4.79 Å². The molecule has 0 radical (unpaired) electrons. The minimum absolute atomic E-state index is 0.207. The fraction of sp³-hybridized carbons (Fsp3) is 0.455. The molecule has 0 saturated carbocycles. The predicted octanol–water partition coefficient (Wildman–Crippen LogP) is 3.14. The van der Waals surface area contributed by atoms with Crippen molar-refractivity contribution >= 4 is 16.9 Å². The van der Waals surface area contributed by atoms with Crippen LogP contribution in [0.5, 0.6) is 0 Å². The highest BCUT2D eigenvalue weighted by molar-refractivity contribution is 8.13. The van der Waals surface area contributed by atoms with Crippen LogP contribution in [-0.2, 0) is 4.79 Å². The zero-order valence-electron chi connectivity index (χ0n) is 8.56. The Morgan fingerprint density at radius 1 is 1.57 bits per heavy atom. The van der Waals surface area contributed by atoms with Gasteiger partial charge in [-0.05, 0) is 29.8 Å². The van der Waals surface area contributed by atoms with Crippen molar-refractivity contribution in [2.45, 2.75) is 31.7 Å². The van der Waals surface area contributed by atoms with Gasteiger partial charge in [0.15, 0.2) is 5.12 Å². The molecule has 76 valence electrons. The van der Waals surface area contributed by atoms with Gasteiger partial charge in [-0.25, -0.2) is 4.98 Å². The smallest absolute Gasteiger partial charge is 0.195 e. The van der Waals surface area contributed by atoms with E-state index in [1.165, 1.54) is 11.8 Å². The van der Waals surface area contributed by atoms with Gasteiger partial charge in [0.2, 0.25) is 0 Å². The van der Waals surface area contributed by atoms with Crippen molar-refractivity contribution in [3.63, 3.8) is 0 Å². The van der Waals surface area contributed by atoms with E-state index in [2.05, 4.69) is 18.8 Å². The van der Waals surface area contributed by atoms with Gasteiger partial charge in [-0.15, -0.1) is 0 Å². The number of hydrogen-bond acceptors (Lipinski definition) is 3. The lowest BCUT2D eigenvalue weighted by atomic mass is 10.1. The third kappa shape index (κ3) is 3.92. The summed E-state index contributed by atoms with van der Waals surface area (Å²) in [6.07, 6.45) is 3.39. The molecule has 0 saturated heterocycles. The molecule has 0 aliphatic rings. The van der Waals surface area contributed by atoms with E-state index in [0.717, 1.165) is 11.4 Å². The van der Waals surface area contributed by atoms with E-state index in [4.69, 9.17) is 0 Å². The molecule has 1 atom stereocenters. The normalized spacial score (nSPS) is 12.4. The van der Waals surface area contributed by atoms with Crippen LogP contribution >= 0.6 is 11.8 Å². The van der Waals surface area contributed by atoms with Crippen molar-refractivity contribution in [1.82, 2.24) is 4.98 Å². The molecule has 14 heavy (non-hydrogen) atoms. The number of carbonyl (C=O) groups excluding carboxylic acids is 1. The Labute approximate surface area is 89.1 Å². The van der Waals surface area contributed by atoms with Crippen molar-refractivity contribution in [3.8, 4) is 0 Å². The molecular weight excluding hydrogens is 194 g/mol. The molecule has 3 heteroatoms. The first-order valence-corrected chi connectivity index (χ1v) is 5.65. The van der Waals surface area contributed by atoms with Gasteiger partial charge in [-0.3, -0.25) is 4.79 Å². The highest BCUT2D eigenvalue weighted by Crippen LogP contribution is 2.20. The lowest BCUT2D eigenvalue weighted by Gasteiger charge is -2.05. The Hall–Kier alpha value is -0.830. The first-order chi connectivity index (χ1) is 6.72. The van der Waals surface area contributed by atoms with E-state index < -0.39 is 0 Å². The SMILES string of the molecule is CC[C@H](C)CC(=O)Sc1ccccn1. The van der Waals surface area contributed by atoms with Crippen LogP contribution in [0.1, 0.15) is 26.7 Å². The zero-order valence-corrected chi connectivity index (χ0v) is 9.38. The largest absolute Gasteiger partial charge is 0.287 e. The highest BCUT2D eigenvalue weighted by Gasteiger charge is 2.09. The minimum atomic E-state index is 0.207. The number of pyridine rings is 1. The van der Waals surface area contributed by atoms with Crippen molar-refractivity contribution in [1.29, 1.82) is 0 Å². The summed E-state index contributed by atoms with van der Waals surface area (Å²) < 4.78 is 0. The van der Waals surface area contributed by atoms with Gasteiger partial charge in [0.25, 0.3) is 0 Å². The zero-order chi connectivity index (χ0) is 10.4. The van der Waals surface area contributed by atoms with Crippen LogP contribution in [0.4, 0.5) is 0 Å². The summed E-state index contributed by atoms with van der Waals surface area (Å²) in [6, 6.07) is 5.61. The van der Waals surface area contributed by atoms with Crippen molar-refractivity contribution in [2.75, 3.05) is 0 Å². The molecule has 0 aromatic carbocycles. The molecule has 1 aromatic rings. The van der Waals surface area contributed by atoms with E-state index in [0.29, 0.717) is 12.3 Å². The maximum absolute atomic E-state index is 11.5. The highest BCUT2D eigenvalue weighted by atomic mass is 32.2. The lowest BCUT2D eigenvalue weighted by Crippen LogP contribution is -2.00. The number of rotatable bonds is 4. The molecular formula is C11H15NOS. The molecule has 1 aromatic heterocycles. The maximum atomic E-state index is 11.5. The molecule has 0 fully saturated rings. The van der Waals surface area contributed by atoms with Gasteiger partial charge in [0, 0.05) is 12.6 Å². The minimum Gasteiger partial charge on any atom is -0.287 e. The Bertz CT molecular complexity index is 287. The van der Waals surface area contributed by atoms with E-state index in [-0.39, 0.29) is 5.12 Å². The van der Waals surface area contributed by atoms with Crippen LogP contribution in [0.2, 0.25) is 0 Å². The number of aromatic nitrogens is 1. The van der Waals surface area contributed by atoms with Crippen molar-refractivity contribution in [2.24, 2.45) is 5.92 Å². The van der Waals surface area contributed by atoms with Crippen LogP contribution < -0.4 is 0 Å². The summed E-state index contributed by atoms with van der Waals surface area (Å²) in [4.78, 5) is 15.6. The van der Waals surface area contributed by atoms with Gasteiger partial charge in [0.1, 0.15) is 5.03 Å². The third-order valence-corrected chi connectivity index (χ3v) is 2.91. The number of carbonyl (C=O) groups is 1. The number of hydrogen-bond donors (Lipinski definition) is 0. The summed E-state index contributed by atoms with van der Waals surface area (Å²) in [5.41, 5.74) is 0. The summed E-state index contributed by atoms with van der Waals surface area (Å²) in [5, 5.41) is 0.999. The van der Waals surface area contributed by atoms with Crippen LogP contribution in [0.25, 0.3) is 0 Å². The average molecular weight is 209 g/mol. The monoisotopic (exact) mass is 209 g/mol. The Morgan fingerprint density at radius 2 is 2.36 bits per heavy atom. The second-order valence-corrected chi connectivity index (χ2v) is 4.44. The molecule has 2 nitrogen and oxygen atoms in total. The summed E-state index contributed by atoms with van der Waals surface area (Å²) in [5.74, 6) is 0.471. The van der Waals surface area contributed by atoms with Crippen molar-refractivity contribution < 1.29 is 4.79 Å². The van der Waals surface area contributed by atoms with Gasteiger partial charge in [-0.1, -0.05) is 26.3 Å². The molecule has 0 spiro atoms. The lowest BCUT2D eigenvalue weighted by molar-refractivity contribution is -0.111. The van der Waals surface area contributed by atoms with Crippen LogP contribution in [-0.4, -0.2) is 10.1 Å². The molecule has 1 rings (SSSR count). The van der Waals surface area contributed by atoms with Gasteiger partial charge < -0.3 is 0 Å². The average Bonchev–Trinajstić information content (AvgIpc) is 2.19. The molecule has 0 N–H and O–H groups in total. The van der Waals surface area contributed by atoms with Gasteiger partial charge in [-0.2, -0.15) is 0 Å². The quantitative estimate of drug-likeness (QED) is 0.714. The Balaban J connectivity index is 2.42.